The molecule has 184 valence electrons. The van der Waals surface area contributed by atoms with E-state index in [4.69, 9.17) is 9.47 Å². The van der Waals surface area contributed by atoms with E-state index in [1.54, 1.807) is 14.2 Å². The van der Waals surface area contributed by atoms with Crippen LogP contribution in [0.15, 0.2) is 53.3 Å². The van der Waals surface area contributed by atoms with Gasteiger partial charge in [-0.15, -0.1) is 10.2 Å². The molecule has 3 heterocycles. The number of methoxy groups -OCH3 is 2. The van der Waals surface area contributed by atoms with Gasteiger partial charge in [0.15, 0.2) is 5.79 Å². The van der Waals surface area contributed by atoms with Gasteiger partial charge in [-0.1, -0.05) is 48.5 Å². The van der Waals surface area contributed by atoms with Crippen molar-refractivity contribution in [1.82, 2.24) is 40.4 Å². The fourth-order valence-corrected chi connectivity index (χ4v) is 4.25. The molecule has 0 spiro atoms. The van der Waals surface area contributed by atoms with Gasteiger partial charge in [0.1, 0.15) is 16.9 Å². The zero-order valence-corrected chi connectivity index (χ0v) is 20.4. The Morgan fingerprint density at radius 2 is 1.72 bits per heavy atom. The maximum atomic E-state index is 12.8. The van der Waals surface area contributed by atoms with Crippen LogP contribution in [0, 0.1) is 6.92 Å². The molecule has 3 aromatic heterocycles. The van der Waals surface area contributed by atoms with Crippen molar-refractivity contribution in [2.45, 2.75) is 32.6 Å². The molecule has 0 aliphatic heterocycles. The minimum atomic E-state index is -0.885. The highest BCUT2D eigenvalue weighted by Gasteiger charge is 2.27. The lowest BCUT2D eigenvalue weighted by molar-refractivity contribution is -0.192. The van der Waals surface area contributed by atoms with Crippen LogP contribution < -0.4 is 5.56 Å². The summed E-state index contributed by atoms with van der Waals surface area (Å²) in [5, 5.41) is 21.2. The lowest BCUT2D eigenvalue weighted by atomic mass is 9.98. The Kier molecular flexibility index (Phi) is 6.17. The van der Waals surface area contributed by atoms with E-state index in [1.807, 2.05) is 66.9 Å². The summed E-state index contributed by atoms with van der Waals surface area (Å²) >= 11 is 0. The number of nitrogens with one attached hydrogen (secondary N) is 2. The molecule has 0 aliphatic carbocycles. The number of ether oxygens (including phenoxy) is 2. The number of aromatic amines is 2. The van der Waals surface area contributed by atoms with E-state index >= 15 is 0 Å². The van der Waals surface area contributed by atoms with Crippen molar-refractivity contribution < 1.29 is 9.47 Å². The summed E-state index contributed by atoms with van der Waals surface area (Å²) in [5.74, 6) is 0.369. The number of H-pyrrole nitrogens is 2. The molecule has 0 aliphatic rings. The number of hydrogen-bond acceptors (Lipinski definition) is 8. The summed E-state index contributed by atoms with van der Waals surface area (Å²) in [7, 11) is 3.14. The van der Waals surface area contributed by atoms with Crippen molar-refractivity contribution in [3.05, 3.63) is 76.0 Å². The topological polar surface area (TPSA) is 136 Å². The maximum absolute atomic E-state index is 12.8. The van der Waals surface area contributed by atoms with E-state index in [0.29, 0.717) is 41.3 Å². The monoisotopic (exact) mass is 486 g/mol. The van der Waals surface area contributed by atoms with E-state index in [1.165, 1.54) is 0 Å². The first kappa shape index (κ1) is 23.5. The molecule has 0 bridgehead atoms. The second-order valence-electron chi connectivity index (χ2n) is 8.64. The Morgan fingerprint density at radius 1 is 1.00 bits per heavy atom. The van der Waals surface area contributed by atoms with Crippen LogP contribution in [0.25, 0.3) is 33.5 Å². The van der Waals surface area contributed by atoms with Crippen LogP contribution >= 0.6 is 0 Å². The lowest BCUT2D eigenvalue weighted by Gasteiger charge is -2.25. The van der Waals surface area contributed by atoms with E-state index in [-0.39, 0.29) is 5.56 Å². The lowest BCUT2D eigenvalue weighted by Crippen LogP contribution is -2.33. The summed E-state index contributed by atoms with van der Waals surface area (Å²) in [6.07, 6.45) is 0.332. The molecule has 0 radical (unpaired) electrons. The number of benzene rings is 2. The van der Waals surface area contributed by atoms with Crippen LogP contribution in [0.3, 0.4) is 0 Å². The Hall–Kier alpha value is -4.22. The molecule has 36 heavy (non-hydrogen) atoms. The number of nitrogens with zero attached hydrogens (tertiary/aromatic N) is 6. The molecule has 2 aromatic carbocycles. The number of fused-ring (bicyclic) bond motifs is 1. The van der Waals surface area contributed by atoms with Crippen LogP contribution in [-0.2, 0) is 22.4 Å². The highest BCUT2D eigenvalue weighted by Crippen LogP contribution is 2.30. The average molecular weight is 487 g/mol. The molecule has 11 heteroatoms. The molecule has 0 atom stereocenters. The van der Waals surface area contributed by atoms with Crippen molar-refractivity contribution in [2.75, 3.05) is 14.2 Å². The molecule has 5 rings (SSSR count). The summed E-state index contributed by atoms with van der Waals surface area (Å²) in [4.78, 5) is 17.5. The first-order chi connectivity index (χ1) is 17.4. The second kappa shape index (κ2) is 9.44. The molecular weight excluding hydrogens is 460 g/mol. The number of tetrazole rings is 1. The van der Waals surface area contributed by atoms with Gasteiger partial charge in [-0.05, 0) is 35.8 Å². The van der Waals surface area contributed by atoms with E-state index < -0.39 is 5.79 Å². The van der Waals surface area contributed by atoms with Crippen LogP contribution in [-0.4, -0.2) is 60.4 Å². The number of aryl methyl sites for hydroxylation is 1. The van der Waals surface area contributed by atoms with Crippen molar-refractivity contribution >= 4 is 11.0 Å². The summed E-state index contributed by atoms with van der Waals surface area (Å²) < 4.78 is 12.9. The largest absolute Gasteiger partial charge is 0.353 e. The zero-order valence-electron chi connectivity index (χ0n) is 20.4. The van der Waals surface area contributed by atoms with Crippen molar-refractivity contribution in [3.8, 4) is 22.5 Å². The van der Waals surface area contributed by atoms with Gasteiger partial charge in [0.05, 0.1) is 5.69 Å². The van der Waals surface area contributed by atoms with Crippen molar-refractivity contribution in [3.63, 3.8) is 0 Å². The molecule has 11 nitrogen and oxygen atoms in total. The summed E-state index contributed by atoms with van der Waals surface area (Å²) in [6, 6.07) is 16.1. The van der Waals surface area contributed by atoms with E-state index in [9.17, 15) is 4.79 Å². The molecule has 0 fully saturated rings. The molecule has 0 amide bonds. The fourth-order valence-electron chi connectivity index (χ4n) is 4.25. The first-order valence-corrected chi connectivity index (χ1v) is 11.4. The van der Waals surface area contributed by atoms with Crippen LogP contribution in [0.1, 0.15) is 24.0 Å². The Bertz CT molecular complexity index is 1550. The Labute approximate surface area is 206 Å². The molecule has 0 unspecified atom stereocenters. The maximum Gasteiger partial charge on any atom is 0.290 e. The summed E-state index contributed by atoms with van der Waals surface area (Å²) in [6.45, 7) is 4.17. The minimum Gasteiger partial charge on any atom is -0.353 e. The predicted octanol–water partition coefficient (Wildman–Crippen LogP) is 2.87. The van der Waals surface area contributed by atoms with Gasteiger partial charge < -0.3 is 14.0 Å². The second-order valence-corrected chi connectivity index (χ2v) is 8.64. The third-order valence-electron chi connectivity index (χ3n) is 6.41. The average Bonchev–Trinajstić information content (AvgIpc) is 3.55. The van der Waals surface area contributed by atoms with Crippen molar-refractivity contribution in [2.24, 2.45) is 0 Å². The zero-order chi connectivity index (χ0) is 25.3. The molecule has 5 aromatic rings. The number of hydrogen-bond donors (Lipinski definition) is 2. The molecular formula is C25H26N8O3. The third-order valence-corrected chi connectivity index (χ3v) is 6.41. The third kappa shape index (κ3) is 4.30. The van der Waals surface area contributed by atoms with Gasteiger partial charge in [-0.2, -0.15) is 10.3 Å². The van der Waals surface area contributed by atoms with E-state index in [0.717, 1.165) is 22.3 Å². The first-order valence-electron chi connectivity index (χ1n) is 11.4. The quantitative estimate of drug-likeness (QED) is 0.320. The van der Waals surface area contributed by atoms with E-state index in [2.05, 4.69) is 35.8 Å². The highest BCUT2D eigenvalue weighted by molar-refractivity contribution is 5.80. The van der Waals surface area contributed by atoms with Gasteiger partial charge in [0, 0.05) is 32.7 Å². The molecule has 2 N–H and O–H groups in total. The molecule has 0 saturated heterocycles. The number of rotatable bonds is 8. The fraction of sp³-hybridized carbons (Fsp3) is 0.280. The Morgan fingerprint density at radius 3 is 2.39 bits per heavy atom. The highest BCUT2D eigenvalue weighted by atomic mass is 16.7. The summed E-state index contributed by atoms with van der Waals surface area (Å²) in [5.41, 5.74) is 5.26. The van der Waals surface area contributed by atoms with Gasteiger partial charge in [-0.3, -0.25) is 4.79 Å². The smallest absolute Gasteiger partial charge is 0.290 e. The van der Waals surface area contributed by atoms with Crippen LogP contribution in [0.2, 0.25) is 0 Å². The molecule has 0 saturated carbocycles. The van der Waals surface area contributed by atoms with Gasteiger partial charge in [0.25, 0.3) is 5.56 Å². The van der Waals surface area contributed by atoms with Crippen molar-refractivity contribution in [1.29, 1.82) is 0 Å². The predicted molar refractivity (Wildman–Crippen MR) is 133 cm³/mol. The normalized spacial score (nSPS) is 11.9. The van der Waals surface area contributed by atoms with Crippen LogP contribution in [0.5, 0.6) is 0 Å². The van der Waals surface area contributed by atoms with Gasteiger partial charge in [-0.25, -0.2) is 10.1 Å². The Balaban J connectivity index is 1.48. The number of imidazole rings is 1. The standard InChI is InChI=1S/C25H26N8O3/c1-15-26-21-20(13-25(2,35-3)36-4)27-30-24(34)22(21)33(15)14-16-9-11-17(12-10-16)18-7-5-6-8-19(18)23-28-31-32-29-23/h5-12H,13-14H2,1-4H3,(H,30,34)(H,28,29,31,32). The van der Waals surface area contributed by atoms with Gasteiger partial charge in [0.2, 0.25) is 5.82 Å². The minimum absolute atomic E-state index is 0.295. The van der Waals surface area contributed by atoms with Gasteiger partial charge >= 0.3 is 0 Å². The SMILES string of the molecule is COC(C)(Cc1n[nH]c(=O)c2c1nc(C)n2Cc1ccc(-c2ccccc2-c2nn[nH]n2)cc1)OC. The number of aromatic nitrogens is 8. The van der Waals surface area contributed by atoms with Crippen LogP contribution in [0.4, 0.5) is 0 Å².